The van der Waals surface area contributed by atoms with Gasteiger partial charge in [0.25, 0.3) is 5.69 Å². The van der Waals surface area contributed by atoms with Crippen LogP contribution in [0, 0.1) is 10.1 Å². The van der Waals surface area contributed by atoms with Gasteiger partial charge in [-0.3, -0.25) is 10.1 Å². The number of likely N-dealkylation sites (N-methyl/N-ethyl adjacent to an activating group) is 1. The summed E-state index contributed by atoms with van der Waals surface area (Å²) in [7, 11) is 2.16. The third kappa shape index (κ3) is 6.06. The Balaban J connectivity index is 1.55. The second-order valence-electron chi connectivity index (χ2n) is 7.08. The fourth-order valence-corrected chi connectivity index (χ4v) is 4.26. The van der Waals surface area contributed by atoms with Crippen molar-refractivity contribution in [1.29, 1.82) is 0 Å². The van der Waals surface area contributed by atoms with E-state index in [9.17, 15) is 10.1 Å². The minimum atomic E-state index is -0.253. The van der Waals surface area contributed by atoms with Crippen LogP contribution in [-0.4, -0.2) is 54.5 Å². The zero-order valence-corrected chi connectivity index (χ0v) is 16.7. The molecule has 2 aromatic rings. The van der Waals surface area contributed by atoms with E-state index in [1.165, 1.54) is 17.3 Å². The van der Waals surface area contributed by atoms with Crippen LogP contribution in [0.4, 0.5) is 5.69 Å². The summed E-state index contributed by atoms with van der Waals surface area (Å²) in [6.45, 7) is 5.54. The van der Waals surface area contributed by atoms with Crippen molar-refractivity contribution < 1.29 is 4.92 Å². The van der Waals surface area contributed by atoms with E-state index in [0.717, 1.165) is 61.8 Å². The number of rotatable bonds is 8. The fraction of sp³-hybridized carbons (Fsp3) is 0.429. The van der Waals surface area contributed by atoms with Crippen LogP contribution in [0.3, 0.4) is 0 Å². The maximum absolute atomic E-state index is 11.5. The van der Waals surface area contributed by atoms with Gasteiger partial charge < -0.3 is 9.80 Å². The average Bonchev–Trinajstić information content (AvgIpc) is 2.69. The zero-order valence-electron chi connectivity index (χ0n) is 15.8. The lowest BCUT2D eigenvalue weighted by Gasteiger charge is -2.32. The first kappa shape index (κ1) is 19.9. The summed E-state index contributed by atoms with van der Waals surface area (Å²) in [5.74, 6) is 0.741. The molecule has 0 saturated carbocycles. The Morgan fingerprint density at radius 3 is 2.48 bits per heavy atom. The molecule has 0 bridgehead atoms. The number of nitro benzene ring substituents is 1. The Hall–Kier alpha value is -1.89. The molecule has 1 fully saturated rings. The third-order valence-electron chi connectivity index (χ3n) is 4.99. The van der Waals surface area contributed by atoms with Gasteiger partial charge in [0.1, 0.15) is 0 Å². The van der Waals surface area contributed by atoms with Crippen LogP contribution in [0.25, 0.3) is 0 Å². The van der Waals surface area contributed by atoms with Gasteiger partial charge in [-0.2, -0.15) is 0 Å². The molecule has 27 heavy (non-hydrogen) atoms. The highest BCUT2D eigenvalue weighted by Crippen LogP contribution is 2.32. The SMILES string of the molecule is CN1CCN(CCCc2ccc(SCc3ccccc3)c([N+](=O)[O-])c2)CC1. The number of piperazine rings is 1. The Labute approximate surface area is 165 Å². The average molecular weight is 386 g/mol. The minimum absolute atomic E-state index is 0.230. The molecule has 0 spiro atoms. The molecule has 0 N–H and O–H groups in total. The molecule has 6 heteroatoms. The van der Waals surface area contributed by atoms with Gasteiger partial charge in [-0.25, -0.2) is 0 Å². The topological polar surface area (TPSA) is 49.6 Å². The summed E-state index contributed by atoms with van der Waals surface area (Å²) in [4.78, 5) is 16.8. The normalized spacial score (nSPS) is 15.7. The number of aryl methyl sites for hydroxylation is 1. The number of thioether (sulfide) groups is 1. The fourth-order valence-electron chi connectivity index (χ4n) is 3.30. The summed E-state index contributed by atoms with van der Waals surface area (Å²) in [6, 6.07) is 15.8. The lowest BCUT2D eigenvalue weighted by atomic mass is 10.1. The molecule has 1 aliphatic heterocycles. The van der Waals surface area contributed by atoms with Gasteiger partial charge in [-0.1, -0.05) is 36.4 Å². The van der Waals surface area contributed by atoms with Crippen LogP contribution in [-0.2, 0) is 12.2 Å². The van der Waals surface area contributed by atoms with Crippen molar-refractivity contribution in [1.82, 2.24) is 9.80 Å². The van der Waals surface area contributed by atoms with Crippen LogP contribution in [0.15, 0.2) is 53.4 Å². The van der Waals surface area contributed by atoms with E-state index in [1.54, 1.807) is 6.07 Å². The summed E-state index contributed by atoms with van der Waals surface area (Å²) in [6.07, 6.45) is 1.92. The van der Waals surface area contributed by atoms with E-state index in [4.69, 9.17) is 0 Å². The van der Waals surface area contributed by atoms with Crippen LogP contribution >= 0.6 is 11.8 Å². The van der Waals surface area contributed by atoms with E-state index >= 15 is 0 Å². The second kappa shape index (κ2) is 9.88. The van der Waals surface area contributed by atoms with E-state index in [1.807, 2.05) is 42.5 Å². The van der Waals surface area contributed by atoms with Crippen LogP contribution in [0.2, 0.25) is 0 Å². The van der Waals surface area contributed by atoms with Crippen molar-refractivity contribution in [3.8, 4) is 0 Å². The van der Waals surface area contributed by atoms with E-state index in [2.05, 4.69) is 16.8 Å². The standard InChI is InChI=1S/C21H27N3O2S/c1-22-12-14-23(15-13-22)11-5-8-18-9-10-21(20(16-18)24(25)26)27-17-19-6-3-2-4-7-19/h2-4,6-7,9-10,16H,5,8,11-15,17H2,1H3. The lowest BCUT2D eigenvalue weighted by molar-refractivity contribution is -0.387. The predicted octanol–water partition coefficient (Wildman–Crippen LogP) is 4.07. The molecule has 0 aliphatic carbocycles. The van der Waals surface area contributed by atoms with Crippen molar-refractivity contribution in [2.45, 2.75) is 23.5 Å². The predicted molar refractivity (Wildman–Crippen MR) is 111 cm³/mol. The van der Waals surface area contributed by atoms with Crippen LogP contribution in [0.5, 0.6) is 0 Å². The van der Waals surface area contributed by atoms with Gasteiger partial charge >= 0.3 is 0 Å². The molecule has 0 atom stereocenters. The highest BCUT2D eigenvalue weighted by atomic mass is 32.2. The van der Waals surface area contributed by atoms with Crippen molar-refractivity contribution in [2.24, 2.45) is 0 Å². The van der Waals surface area contributed by atoms with E-state index < -0.39 is 0 Å². The minimum Gasteiger partial charge on any atom is -0.304 e. The van der Waals surface area contributed by atoms with Crippen molar-refractivity contribution in [2.75, 3.05) is 39.8 Å². The second-order valence-corrected chi connectivity index (χ2v) is 8.10. The third-order valence-corrected chi connectivity index (χ3v) is 6.13. The largest absolute Gasteiger partial charge is 0.304 e. The Morgan fingerprint density at radius 2 is 1.78 bits per heavy atom. The van der Waals surface area contributed by atoms with Gasteiger partial charge in [0.05, 0.1) is 9.82 Å². The summed E-state index contributed by atoms with van der Waals surface area (Å²) in [5, 5.41) is 11.5. The number of nitrogens with zero attached hydrogens (tertiary/aromatic N) is 3. The monoisotopic (exact) mass is 385 g/mol. The van der Waals surface area contributed by atoms with Crippen LogP contribution in [0.1, 0.15) is 17.5 Å². The molecule has 144 valence electrons. The van der Waals surface area contributed by atoms with Gasteiger partial charge in [0.15, 0.2) is 0 Å². The van der Waals surface area contributed by atoms with Gasteiger partial charge in [0, 0.05) is 38.0 Å². The van der Waals surface area contributed by atoms with Crippen molar-refractivity contribution in [3.05, 3.63) is 69.8 Å². The summed E-state index contributed by atoms with van der Waals surface area (Å²) in [5.41, 5.74) is 2.46. The van der Waals surface area contributed by atoms with Crippen molar-refractivity contribution >= 4 is 17.4 Å². The highest BCUT2D eigenvalue weighted by molar-refractivity contribution is 7.98. The van der Waals surface area contributed by atoms with Crippen LogP contribution < -0.4 is 0 Å². The molecule has 1 aliphatic rings. The van der Waals surface area contributed by atoms with E-state index in [0.29, 0.717) is 0 Å². The molecule has 0 amide bonds. The molecule has 2 aromatic carbocycles. The van der Waals surface area contributed by atoms with Gasteiger partial charge in [0.2, 0.25) is 0 Å². The highest BCUT2D eigenvalue weighted by Gasteiger charge is 2.16. The molecule has 5 nitrogen and oxygen atoms in total. The number of hydrogen-bond acceptors (Lipinski definition) is 5. The Bertz CT molecular complexity index is 746. The Kier molecular flexibility index (Phi) is 7.26. The molecule has 0 radical (unpaired) electrons. The molecular formula is C21H27N3O2S. The van der Waals surface area contributed by atoms with Gasteiger partial charge in [-0.15, -0.1) is 11.8 Å². The molecule has 1 heterocycles. The molecular weight excluding hydrogens is 358 g/mol. The first-order valence-corrected chi connectivity index (χ1v) is 10.5. The summed E-state index contributed by atoms with van der Waals surface area (Å²) >= 11 is 1.53. The number of hydrogen-bond donors (Lipinski definition) is 0. The maximum Gasteiger partial charge on any atom is 0.283 e. The zero-order chi connectivity index (χ0) is 19.1. The van der Waals surface area contributed by atoms with Crippen molar-refractivity contribution in [3.63, 3.8) is 0 Å². The Morgan fingerprint density at radius 1 is 1.04 bits per heavy atom. The molecule has 0 aromatic heterocycles. The number of benzene rings is 2. The lowest BCUT2D eigenvalue weighted by Crippen LogP contribution is -2.44. The summed E-state index contributed by atoms with van der Waals surface area (Å²) < 4.78 is 0. The first-order valence-electron chi connectivity index (χ1n) is 9.47. The molecule has 3 rings (SSSR count). The number of nitro groups is 1. The molecule has 0 unspecified atom stereocenters. The maximum atomic E-state index is 11.5. The van der Waals surface area contributed by atoms with E-state index in [-0.39, 0.29) is 10.6 Å². The quantitative estimate of drug-likeness (QED) is 0.389. The van der Waals surface area contributed by atoms with Gasteiger partial charge in [-0.05, 0) is 43.6 Å². The smallest absolute Gasteiger partial charge is 0.283 e. The first-order chi connectivity index (χ1) is 13.1. The molecule has 1 saturated heterocycles.